The van der Waals surface area contributed by atoms with Crippen LogP contribution in [0.3, 0.4) is 0 Å². The first-order valence-corrected chi connectivity index (χ1v) is 10.9. The molecule has 0 aliphatic carbocycles. The monoisotopic (exact) mass is 451 g/mol. The number of aromatic nitrogens is 2. The first-order chi connectivity index (χ1) is 15.9. The minimum atomic E-state index is -0.695. The van der Waals surface area contributed by atoms with E-state index in [1.807, 2.05) is 37.4 Å². The molecule has 0 saturated heterocycles. The maximum absolute atomic E-state index is 13.4. The third kappa shape index (κ3) is 6.65. The molecule has 0 bridgehead atoms. The summed E-state index contributed by atoms with van der Waals surface area (Å²) in [4.78, 5) is 2.13. The van der Waals surface area contributed by atoms with Gasteiger partial charge in [0, 0.05) is 31.7 Å². The van der Waals surface area contributed by atoms with E-state index in [2.05, 4.69) is 24.7 Å². The number of hydrogen-bond acceptors (Lipinski definition) is 5. The molecule has 0 radical (unpaired) electrons. The molecule has 0 spiro atoms. The SMILES string of the molecule is C#CCOCC(O)CN(Cc1c(-c2ccccc2)nn(C)c1Oc1ccc(F)cc1)C(C)C. The Hall–Kier alpha value is -3.18. The number of aryl methyl sites for hydroxylation is 1. The van der Waals surface area contributed by atoms with Gasteiger partial charge in [-0.25, -0.2) is 9.07 Å². The second-order valence-corrected chi connectivity index (χ2v) is 8.07. The van der Waals surface area contributed by atoms with E-state index in [-0.39, 0.29) is 25.1 Å². The van der Waals surface area contributed by atoms with Crippen molar-refractivity contribution in [2.24, 2.45) is 7.05 Å². The van der Waals surface area contributed by atoms with Crippen molar-refractivity contribution in [2.75, 3.05) is 19.8 Å². The summed E-state index contributed by atoms with van der Waals surface area (Å²) >= 11 is 0. The lowest BCUT2D eigenvalue weighted by atomic mass is 10.1. The molecule has 1 aromatic heterocycles. The highest BCUT2D eigenvalue weighted by molar-refractivity contribution is 5.65. The normalized spacial score (nSPS) is 12.2. The van der Waals surface area contributed by atoms with Crippen LogP contribution in [0.15, 0.2) is 54.6 Å². The average Bonchev–Trinajstić information content (AvgIpc) is 3.10. The topological polar surface area (TPSA) is 59.8 Å². The summed E-state index contributed by atoms with van der Waals surface area (Å²) in [5, 5.41) is 15.2. The molecule has 2 aromatic carbocycles. The van der Waals surface area contributed by atoms with Crippen molar-refractivity contribution in [3.8, 4) is 35.2 Å². The molecular formula is C26H30FN3O3. The van der Waals surface area contributed by atoms with E-state index < -0.39 is 6.10 Å². The Bertz CT molecular complexity index is 1060. The standard InChI is InChI=1S/C26H30FN3O3/c1-5-15-32-18-22(31)16-30(19(2)3)17-24-25(20-9-7-6-8-10-20)28-29(4)26(24)33-23-13-11-21(27)12-14-23/h1,6-14,19,22,31H,15-18H2,2-4H3. The van der Waals surface area contributed by atoms with Crippen molar-refractivity contribution in [2.45, 2.75) is 32.5 Å². The highest BCUT2D eigenvalue weighted by Crippen LogP contribution is 2.34. The van der Waals surface area contributed by atoms with Gasteiger partial charge in [-0.2, -0.15) is 5.10 Å². The van der Waals surface area contributed by atoms with Gasteiger partial charge in [-0.15, -0.1) is 6.42 Å². The largest absolute Gasteiger partial charge is 0.439 e. The Balaban J connectivity index is 1.94. The molecule has 1 N–H and O–H groups in total. The summed E-state index contributed by atoms with van der Waals surface area (Å²) < 4.78 is 26.5. The third-order valence-electron chi connectivity index (χ3n) is 5.20. The number of terminal acetylenes is 1. The predicted molar refractivity (Wildman–Crippen MR) is 126 cm³/mol. The van der Waals surface area contributed by atoms with Crippen molar-refractivity contribution in [1.29, 1.82) is 0 Å². The van der Waals surface area contributed by atoms with E-state index in [0.717, 1.165) is 16.8 Å². The van der Waals surface area contributed by atoms with E-state index >= 15 is 0 Å². The van der Waals surface area contributed by atoms with E-state index in [1.54, 1.807) is 16.8 Å². The van der Waals surface area contributed by atoms with Crippen LogP contribution in [0.1, 0.15) is 19.4 Å². The van der Waals surface area contributed by atoms with Gasteiger partial charge in [-0.05, 0) is 38.1 Å². The lowest BCUT2D eigenvalue weighted by Gasteiger charge is -2.29. The molecule has 174 valence electrons. The Labute approximate surface area is 194 Å². The minimum Gasteiger partial charge on any atom is -0.439 e. The molecule has 0 saturated carbocycles. The van der Waals surface area contributed by atoms with E-state index in [0.29, 0.717) is 24.7 Å². The zero-order valence-electron chi connectivity index (χ0n) is 19.2. The first-order valence-electron chi connectivity index (χ1n) is 10.9. The molecule has 0 fully saturated rings. The molecule has 3 aromatic rings. The highest BCUT2D eigenvalue weighted by Gasteiger charge is 2.24. The fourth-order valence-electron chi connectivity index (χ4n) is 3.50. The summed E-state index contributed by atoms with van der Waals surface area (Å²) in [5.74, 6) is 3.15. The van der Waals surface area contributed by atoms with Crippen molar-refractivity contribution >= 4 is 0 Å². The molecule has 3 rings (SSSR count). The van der Waals surface area contributed by atoms with Crippen LogP contribution in [0, 0.1) is 18.2 Å². The Morgan fingerprint density at radius 2 is 1.85 bits per heavy atom. The van der Waals surface area contributed by atoms with Gasteiger partial charge in [-0.3, -0.25) is 4.90 Å². The van der Waals surface area contributed by atoms with Crippen molar-refractivity contribution in [3.05, 3.63) is 66.0 Å². The third-order valence-corrected chi connectivity index (χ3v) is 5.20. The van der Waals surface area contributed by atoms with Gasteiger partial charge in [0.15, 0.2) is 0 Å². The van der Waals surface area contributed by atoms with Gasteiger partial charge in [0.1, 0.15) is 23.9 Å². The van der Waals surface area contributed by atoms with Gasteiger partial charge in [0.05, 0.1) is 18.3 Å². The van der Waals surface area contributed by atoms with Gasteiger partial charge < -0.3 is 14.6 Å². The van der Waals surface area contributed by atoms with Crippen LogP contribution in [-0.4, -0.2) is 51.7 Å². The summed E-state index contributed by atoms with van der Waals surface area (Å²) in [5.41, 5.74) is 2.62. The maximum Gasteiger partial charge on any atom is 0.222 e. The summed E-state index contributed by atoms with van der Waals surface area (Å²) in [6.07, 6.45) is 4.52. The first kappa shape index (κ1) is 24.5. The van der Waals surface area contributed by atoms with E-state index in [1.165, 1.54) is 12.1 Å². The number of aliphatic hydroxyl groups is 1. The molecular weight excluding hydrogens is 421 g/mol. The zero-order valence-corrected chi connectivity index (χ0v) is 19.2. The smallest absolute Gasteiger partial charge is 0.222 e. The number of hydrogen-bond donors (Lipinski definition) is 1. The Kier molecular flexibility index (Phi) is 8.61. The lowest BCUT2D eigenvalue weighted by molar-refractivity contribution is 0.0191. The van der Waals surface area contributed by atoms with Gasteiger partial charge in [0.25, 0.3) is 0 Å². The summed E-state index contributed by atoms with van der Waals surface area (Å²) in [6.45, 7) is 5.32. The fourth-order valence-corrected chi connectivity index (χ4v) is 3.50. The number of nitrogens with zero attached hydrogens (tertiary/aromatic N) is 3. The zero-order chi connectivity index (χ0) is 23.8. The van der Waals surface area contributed by atoms with Crippen LogP contribution >= 0.6 is 0 Å². The van der Waals surface area contributed by atoms with Gasteiger partial charge in [-0.1, -0.05) is 36.3 Å². The molecule has 33 heavy (non-hydrogen) atoms. The average molecular weight is 452 g/mol. The maximum atomic E-state index is 13.4. The molecule has 0 aliphatic rings. The van der Waals surface area contributed by atoms with Crippen LogP contribution < -0.4 is 4.74 Å². The summed E-state index contributed by atoms with van der Waals surface area (Å²) in [7, 11) is 1.82. The second-order valence-electron chi connectivity index (χ2n) is 8.07. The number of ether oxygens (including phenoxy) is 2. The van der Waals surface area contributed by atoms with Crippen LogP contribution in [0.2, 0.25) is 0 Å². The minimum absolute atomic E-state index is 0.134. The van der Waals surface area contributed by atoms with Crippen LogP contribution in [0.5, 0.6) is 11.6 Å². The molecule has 1 atom stereocenters. The van der Waals surface area contributed by atoms with Crippen LogP contribution in [0.25, 0.3) is 11.3 Å². The van der Waals surface area contributed by atoms with Crippen molar-refractivity contribution in [3.63, 3.8) is 0 Å². The second kappa shape index (κ2) is 11.6. The van der Waals surface area contributed by atoms with E-state index in [4.69, 9.17) is 21.0 Å². The number of benzene rings is 2. The molecule has 7 heteroatoms. The van der Waals surface area contributed by atoms with E-state index in [9.17, 15) is 9.50 Å². The van der Waals surface area contributed by atoms with Crippen molar-refractivity contribution in [1.82, 2.24) is 14.7 Å². The molecule has 0 aliphatic heterocycles. The number of rotatable bonds is 11. The van der Waals surface area contributed by atoms with Crippen LogP contribution in [0.4, 0.5) is 4.39 Å². The molecule has 1 heterocycles. The Morgan fingerprint density at radius 1 is 1.15 bits per heavy atom. The summed E-state index contributed by atoms with van der Waals surface area (Å²) in [6, 6.07) is 15.9. The molecule has 6 nitrogen and oxygen atoms in total. The Morgan fingerprint density at radius 3 is 2.48 bits per heavy atom. The van der Waals surface area contributed by atoms with Gasteiger partial charge in [0.2, 0.25) is 5.88 Å². The highest BCUT2D eigenvalue weighted by atomic mass is 19.1. The predicted octanol–water partition coefficient (Wildman–Crippen LogP) is 4.24. The molecule has 1 unspecified atom stereocenters. The van der Waals surface area contributed by atoms with Crippen LogP contribution in [-0.2, 0) is 18.3 Å². The van der Waals surface area contributed by atoms with Gasteiger partial charge >= 0.3 is 0 Å². The quantitative estimate of drug-likeness (QED) is 0.349. The fraction of sp³-hybridized carbons (Fsp3) is 0.346. The van der Waals surface area contributed by atoms with Crippen molar-refractivity contribution < 1.29 is 19.0 Å². The molecule has 0 amide bonds. The lowest BCUT2D eigenvalue weighted by Crippen LogP contribution is -2.39. The number of aliphatic hydroxyl groups excluding tert-OH is 1. The number of halogens is 1.